The van der Waals surface area contributed by atoms with E-state index in [1.54, 1.807) is 25.3 Å². The van der Waals surface area contributed by atoms with Crippen molar-refractivity contribution >= 4 is 39.0 Å². The maximum atomic E-state index is 12.1. The van der Waals surface area contributed by atoms with Gasteiger partial charge in [-0.2, -0.15) is 0 Å². The van der Waals surface area contributed by atoms with E-state index >= 15 is 0 Å². The zero-order valence-corrected chi connectivity index (χ0v) is 15.2. The van der Waals surface area contributed by atoms with E-state index in [2.05, 4.69) is 26.0 Å². The molecule has 0 bridgehead atoms. The molecule has 7 nitrogen and oxygen atoms in total. The number of rotatable bonds is 4. The van der Waals surface area contributed by atoms with Gasteiger partial charge in [0.05, 0.1) is 12.1 Å². The van der Waals surface area contributed by atoms with Crippen LogP contribution in [0.1, 0.15) is 17.3 Å². The lowest BCUT2D eigenvalue weighted by atomic mass is 10.1. The Labute approximate surface area is 147 Å². The molecule has 0 saturated heterocycles. The Balaban J connectivity index is 0.000000648. The fourth-order valence-corrected chi connectivity index (χ4v) is 2.29. The van der Waals surface area contributed by atoms with Crippen LogP contribution < -0.4 is 10.9 Å². The topological polar surface area (TPSA) is 97.6 Å². The summed E-state index contributed by atoms with van der Waals surface area (Å²) in [6.45, 7) is 2.55. The van der Waals surface area contributed by atoms with Crippen molar-refractivity contribution in [2.24, 2.45) is 7.05 Å². The first-order valence-electron chi connectivity index (χ1n) is 7.10. The molecule has 0 fully saturated rings. The molecule has 0 unspecified atom stereocenters. The summed E-state index contributed by atoms with van der Waals surface area (Å²) in [6, 6.07) is 5.00. The number of benzene rings is 1. The molecule has 130 valence electrons. The fourth-order valence-electron chi connectivity index (χ4n) is 1.93. The number of hydrogen-bond donors (Lipinski definition) is 2. The SMILES string of the molecule is CCOC.Cn1c(=O)c(C(=O)NCC=O)c(O)c2cc(Br)ccc21. The Morgan fingerprint density at radius 2 is 2.08 bits per heavy atom. The van der Waals surface area contributed by atoms with Crippen molar-refractivity contribution < 1.29 is 19.4 Å². The quantitative estimate of drug-likeness (QED) is 0.762. The van der Waals surface area contributed by atoms with Gasteiger partial charge in [-0.3, -0.25) is 9.59 Å². The summed E-state index contributed by atoms with van der Waals surface area (Å²) in [6.07, 6.45) is 0.497. The Kier molecular flexibility index (Phi) is 7.60. The molecule has 8 heteroatoms. The van der Waals surface area contributed by atoms with Crippen molar-refractivity contribution in [3.05, 3.63) is 38.6 Å². The summed E-state index contributed by atoms with van der Waals surface area (Å²) in [5.41, 5.74) is -0.497. The lowest BCUT2D eigenvalue weighted by Gasteiger charge is -2.11. The number of halogens is 1. The molecule has 0 spiro atoms. The average Bonchev–Trinajstić information content (AvgIpc) is 2.58. The van der Waals surface area contributed by atoms with E-state index in [1.165, 1.54) is 11.6 Å². The molecule has 0 atom stereocenters. The van der Waals surface area contributed by atoms with E-state index in [0.29, 0.717) is 21.7 Å². The van der Waals surface area contributed by atoms with Crippen LogP contribution in [0.2, 0.25) is 0 Å². The number of hydrogen-bond acceptors (Lipinski definition) is 5. The van der Waals surface area contributed by atoms with Crippen molar-refractivity contribution in [3.8, 4) is 5.75 Å². The number of pyridine rings is 1. The molecule has 1 aromatic heterocycles. The van der Waals surface area contributed by atoms with E-state index in [4.69, 9.17) is 0 Å². The molecular formula is C16H19BrN2O5. The molecule has 0 aliphatic rings. The second-order valence-electron chi connectivity index (χ2n) is 4.70. The fraction of sp³-hybridized carbons (Fsp3) is 0.312. The van der Waals surface area contributed by atoms with Gasteiger partial charge in [0.2, 0.25) is 0 Å². The number of nitrogens with zero attached hydrogens (tertiary/aromatic N) is 1. The lowest BCUT2D eigenvalue weighted by molar-refractivity contribution is -0.107. The molecule has 2 rings (SSSR count). The van der Waals surface area contributed by atoms with Gasteiger partial charge in [-0.25, -0.2) is 0 Å². The standard InChI is InChI=1S/C13H11BrN2O4.C3H8O/c1-16-9-3-2-7(14)6-8(9)11(18)10(13(16)20)12(19)15-4-5-17;1-3-4-2/h2-3,5-6,18H,4H2,1H3,(H,15,19);3H2,1-2H3. The van der Waals surface area contributed by atoms with Crippen LogP contribution >= 0.6 is 15.9 Å². The lowest BCUT2D eigenvalue weighted by Crippen LogP contribution is -2.33. The van der Waals surface area contributed by atoms with Crippen molar-refractivity contribution in [1.82, 2.24) is 9.88 Å². The van der Waals surface area contributed by atoms with Crippen molar-refractivity contribution in [2.75, 3.05) is 20.3 Å². The van der Waals surface area contributed by atoms with Crippen LogP contribution in [0.3, 0.4) is 0 Å². The summed E-state index contributed by atoms with van der Waals surface area (Å²) in [4.78, 5) is 34.3. The smallest absolute Gasteiger partial charge is 0.267 e. The van der Waals surface area contributed by atoms with Crippen LogP contribution in [0.25, 0.3) is 10.9 Å². The third-order valence-electron chi connectivity index (χ3n) is 3.19. The average molecular weight is 399 g/mol. The van der Waals surface area contributed by atoms with Crippen LogP contribution in [0, 0.1) is 0 Å². The van der Waals surface area contributed by atoms with Crippen LogP contribution in [-0.4, -0.2) is 42.1 Å². The Hall–Kier alpha value is -2.19. The maximum Gasteiger partial charge on any atom is 0.267 e. The highest BCUT2D eigenvalue weighted by molar-refractivity contribution is 9.10. The van der Waals surface area contributed by atoms with Gasteiger partial charge in [0.15, 0.2) is 0 Å². The number of aromatic hydroxyl groups is 1. The second kappa shape index (κ2) is 9.19. The summed E-state index contributed by atoms with van der Waals surface area (Å²) in [7, 11) is 3.19. The first kappa shape index (κ1) is 19.9. The second-order valence-corrected chi connectivity index (χ2v) is 5.62. The van der Waals surface area contributed by atoms with Gasteiger partial charge in [-0.05, 0) is 25.1 Å². The highest BCUT2D eigenvalue weighted by Gasteiger charge is 2.20. The summed E-state index contributed by atoms with van der Waals surface area (Å²) in [5.74, 6) is -1.18. The summed E-state index contributed by atoms with van der Waals surface area (Å²) < 4.78 is 6.52. The van der Waals surface area contributed by atoms with Gasteiger partial charge < -0.3 is 24.5 Å². The van der Waals surface area contributed by atoms with Crippen molar-refractivity contribution in [2.45, 2.75) is 6.92 Å². The molecule has 0 aliphatic carbocycles. The minimum Gasteiger partial charge on any atom is -0.506 e. The number of carbonyl (C=O) groups is 2. The Bertz CT molecular complexity index is 799. The molecule has 0 radical (unpaired) electrons. The first-order chi connectivity index (χ1) is 11.4. The van der Waals surface area contributed by atoms with Gasteiger partial charge >= 0.3 is 0 Å². The van der Waals surface area contributed by atoms with Crippen molar-refractivity contribution in [1.29, 1.82) is 0 Å². The normalized spacial score (nSPS) is 10.0. The highest BCUT2D eigenvalue weighted by Crippen LogP contribution is 2.28. The molecular weight excluding hydrogens is 380 g/mol. The van der Waals surface area contributed by atoms with Crippen LogP contribution in [0.4, 0.5) is 0 Å². The highest BCUT2D eigenvalue weighted by atomic mass is 79.9. The monoisotopic (exact) mass is 398 g/mol. The number of carbonyl (C=O) groups excluding carboxylic acids is 2. The molecule has 1 amide bonds. The Morgan fingerprint density at radius 3 is 2.62 bits per heavy atom. The van der Waals surface area contributed by atoms with Crippen LogP contribution in [0.15, 0.2) is 27.5 Å². The van der Waals surface area contributed by atoms with Gasteiger partial charge in [0.1, 0.15) is 17.6 Å². The number of ether oxygens (including phenoxy) is 1. The van der Waals surface area contributed by atoms with E-state index in [0.717, 1.165) is 6.61 Å². The van der Waals surface area contributed by atoms with Gasteiger partial charge in [0.25, 0.3) is 11.5 Å². The maximum absolute atomic E-state index is 12.1. The molecule has 0 aliphatic heterocycles. The number of aldehydes is 1. The minimum atomic E-state index is -0.780. The first-order valence-corrected chi connectivity index (χ1v) is 7.90. The Morgan fingerprint density at radius 1 is 1.46 bits per heavy atom. The summed E-state index contributed by atoms with van der Waals surface area (Å²) >= 11 is 3.27. The van der Waals surface area contributed by atoms with Gasteiger partial charge in [0, 0.05) is 30.6 Å². The zero-order chi connectivity index (χ0) is 18.3. The van der Waals surface area contributed by atoms with E-state index in [9.17, 15) is 19.5 Å². The van der Waals surface area contributed by atoms with Gasteiger partial charge in [-0.15, -0.1) is 0 Å². The molecule has 2 aromatic rings. The molecule has 2 N–H and O–H groups in total. The number of amides is 1. The van der Waals surface area contributed by atoms with Crippen LogP contribution in [0.5, 0.6) is 5.75 Å². The molecule has 0 saturated carbocycles. The van der Waals surface area contributed by atoms with Gasteiger partial charge in [-0.1, -0.05) is 15.9 Å². The predicted octanol–water partition coefficient (Wildman–Crippen LogP) is 1.59. The van der Waals surface area contributed by atoms with E-state index in [1.807, 2.05) is 6.92 Å². The summed E-state index contributed by atoms with van der Waals surface area (Å²) in [5, 5.41) is 12.8. The minimum absolute atomic E-state index is 0.224. The largest absolute Gasteiger partial charge is 0.506 e. The van der Waals surface area contributed by atoms with Crippen LogP contribution in [-0.2, 0) is 16.6 Å². The number of methoxy groups -OCH3 is 1. The number of fused-ring (bicyclic) bond motifs is 1. The number of nitrogens with one attached hydrogen (secondary N) is 1. The van der Waals surface area contributed by atoms with Crippen molar-refractivity contribution in [3.63, 3.8) is 0 Å². The third kappa shape index (κ3) is 4.42. The molecule has 1 aromatic carbocycles. The van der Waals surface area contributed by atoms with E-state index in [-0.39, 0.29) is 12.1 Å². The number of aromatic nitrogens is 1. The number of aryl methyl sites for hydroxylation is 1. The third-order valence-corrected chi connectivity index (χ3v) is 3.69. The molecule has 1 heterocycles. The zero-order valence-electron chi connectivity index (χ0n) is 13.6. The van der Waals surface area contributed by atoms with E-state index < -0.39 is 17.2 Å². The molecule has 24 heavy (non-hydrogen) atoms. The predicted molar refractivity (Wildman–Crippen MR) is 94.5 cm³/mol.